The second-order valence-electron chi connectivity index (χ2n) is 2.73. The summed E-state index contributed by atoms with van der Waals surface area (Å²) in [5, 5.41) is 0.832. The molecule has 1 rings (SSSR count). The molecule has 0 spiro atoms. The number of halogens is 2. The maximum absolute atomic E-state index is 11.5. The number of alkyl halides is 1. The fourth-order valence-corrected chi connectivity index (χ4v) is 2.06. The first-order valence-electron chi connectivity index (χ1n) is 4.15. The summed E-state index contributed by atoms with van der Waals surface area (Å²) in [7, 11) is 2.85. The standard InChI is InChI=1S/C10H10BrClO3/c1-14-8-4-3-7(12)9(6(8)5-11)10(13)15-2/h3-4H,5H2,1-2H3. The minimum Gasteiger partial charge on any atom is -0.496 e. The largest absolute Gasteiger partial charge is 0.496 e. The highest BCUT2D eigenvalue weighted by molar-refractivity contribution is 9.08. The summed E-state index contributed by atoms with van der Waals surface area (Å²) >= 11 is 9.22. The van der Waals surface area contributed by atoms with Gasteiger partial charge < -0.3 is 9.47 Å². The summed E-state index contributed by atoms with van der Waals surface area (Å²) in [6.45, 7) is 0. The number of ether oxygens (including phenoxy) is 2. The van der Waals surface area contributed by atoms with Crippen molar-refractivity contribution in [2.24, 2.45) is 0 Å². The van der Waals surface area contributed by atoms with Crippen LogP contribution in [0.3, 0.4) is 0 Å². The van der Waals surface area contributed by atoms with Gasteiger partial charge in [-0.1, -0.05) is 27.5 Å². The van der Waals surface area contributed by atoms with Crippen LogP contribution < -0.4 is 4.74 Å². The number of methoxy groups -OCH3 is 2. The highest BCUT2D eigenvalue weighted by Crippen LogP contribution is 2.30. The SMILES string of the molecule is COC(=O)c1c(Cl)ccc(OC)c1CBr. The zero-order chi connectivity index (χ0) is 11.4. The van der Waals surface area contributed by atoms with Crippen LogP contribution in [0.2, 0.25) is 5.02 Å². The molecule has 0 bridgehead atoms. The first-order valence-corrected chi connectivity index (χ1v) is 5.65. The molecule has 3 nitrogen and oxygen atoms in total. The Morgan fingerprint density at radius 3 is 2.60 bits per heavy atom. The quantitative estimate of drug-likeness (QED) is 0.635. The van der Waals surface area contributed by atoms with E-state index in [0.717, 1.165) is 0 Å². The van der Waals surface area contributed by atoms with Crippen molar-refractivity contribution in [2.45, 2.75) is 5.33 Å². The van der Waals surface area contributed by atoms with Gasteiger partial charge in [0.15, 0.2) is 0 Å². The van der Waals surface area contributed by atoms with Gasteiger partial charge in [0.05, 0.1) is 24.8 Å². The fourth-order valence-electron chi connectivity index (χ4n) is 1.25. The van der Waals surface area contributed by atoms with Gasteiger partial charge in [-0.3, -0.25) is 0 Å². The van der Waals surface area contributed by atoms with E-state index in [0.29, 0.717) is 27.2 Å². The molecule has 0 amide bonds. The molecule has 0 saturated carbocycles. The molecular formula is C10H10BrClO3. The smallest absolute Gasteiger partial charge is 0.339 e. The van der Waals surface area contributed by atoms with Crippen molar-refractivity contribution in [1.29, 1.82) is 0 Å². The molecule has 0 fully saturated rings. The number of hydrogen-bond donors (Lipinski definition) is 0. The topological polar surface area (TPSA) is 35.5 Å². The third kappa shape index (κ3) is 2.44. The maximum atomic E-state index is 11.5. The molecule has 0 radical (unpaired) electrons. The maximum Gasteiger partial charge on any atom is 0.339 e. The minimum absolute atomic E-state index is 0.343. The Morgan fingerprint density at radius 1 is 1.47 bits per heavy atom. The summed E-state index contributed by atoms with van der Waals surface area (Å²) < 4.78 is 9.79. The molecule has 1 aromatic carbocycles. The Bertz CT molecular complexity index is 379. The molecule has 0 aliphatic carbocycles. The first-order chi connectivity index (χ1) is 7.15. The number of esters is 1. The Morgan fingerprint density at radius 2 is 2.13 bits per heavy atom. The normalized spacial score (nSPS) is 9.87. The summed E-state index contributed by atoms with van der Waals surface area (Å²) in [6, 6.07) is 3.32. The average molecular weight is 294 g/mol. The molecule has 0 N–H and O–H groups in total. The molecular weight excluding hydrogens is 283 g/mol. The zero-order valence-corrected chi connectivity index (χ0v) is 10.7. The average Bonchev–Trinajstić information content (AvgIpc) is 2.27. The molecule has 0 heterocycles. The van der Waals surface area contributed by atoms with Gasteiger partial charge in [-0.05, 0) is 12.1 Å². The zero-order valence-electron chi connectivity index (χ0n) is 8.34. The van der Waals surface area contributed by atoms with E-state index in [4.69, 9.17) is 16.3 Å². The summed E-state index contributed by atoms with van der Waals surface area (Å²) in [5.41, 5.74) is 1.03. The van der Waals surface area contributed by atoms with Crippen molar-refractivity contribution < 1.29 is 14.3 Å². The van der Waals surface area contributed by atoms with Crippen molar-refractivity contribution in [3.05, 3.63) is 28.3 Å². The Hall–Kier alpha value is -0.740. The van der Waals surface area contributed by atoms with Crippen LogP contribution in [0, 0.1) is 0 Å². The van der Waals surface area contributed by atoms with E-state index in [1.165, 1.54) is 14.2 Å². The lowest BCUT2D eigenvalue weighted by molar-refractivity contribution is 0.0599. The molecule has 0 saturated heterocycles. The predicted molar refractivity (Wildman–Crippen MR) is 62.0 cm³/mol. The van der Waals surface area contributed by atoms with Crippen LogP contribution in [0.25, 0.3) is 0 Å². The van der Waals surface area contributed by atoms with E-state index < -0.39 is 5.97 Å². The second kappa shape index (κ2) is 5.37. The highest BCUT2D eigenvalue weighted by atomic mass is 79.9. The van der Waals surface area contributed by atoms with Crippen LogP contribution in [0.15, 0.2) is 12.1 Å². The van der Waals surface area contributed by atoms with Crippen LogP contribution in [0.1, 0.15) is 15.9 Å². The van der Waals surface area contributed by atoms with Crippen molar-refractivity contribution >= 4 is 33.5 Å². The minimum atomic E-state index is -0.464. The van der Waals surface area contributed by atoms with E-state index in [9.17, 15) is 4.79 Å². The number of hydrogen-bond acceptors (Lipinski definition) is 3. The van der Waals surface area contributed by atoms with E-state index in [2.05, 4.69) is 20.7 Å². The molecule has 0 atom stereocenters. The Labute approximate surface area is 101 Å². The van der Waals surface area contributed by atoms with Gasteiger partial charge >= 0.3 is 5.97 Å². The number of carbonyl (C=O) groups excluding carboxylic acids is 1. The fraction of sp³-hybridized carbons (Fsp3) is 0.300. The van der Waals surface area contributed by atoms with Gasteiger partial charge in [-0.15, -0.1) is 0 Å². The van der Waals surface area contributed by atoms with Crippen LogP contribution in [-0.2, 0) is 10.1 Å². The summed E-state index contributed by atoms with van der Waals surface area (Å²) in [4.78, 5) is 11.5. The van der Waals surface area contributed by atoms with Gasteiger partial charge in [-0.2, -0.15) is 0 Å². The molecule has 0 aromatic heterocycles. The van der Waals surface area contributed by atoms with Crippen LogP contribution in [0.4, 0.5) is 0 Å². The first kappa shape index (κ1) is 12.3. The predicted octanol–water partition coefficient (Wildman–Crippen LogP) is 3.03. The molecule has 0 aliphatic heterocycles. The molecule has 82 valence electrons. The van der Waals surface area contributed by atoms with E-state index >= 15 is 0 Å². The van der Waals surface area contributed by atoms with Gasteiger partial charge in [0.1, 0.15) is 5.75 Å². The second-order valence-corrected chi connectivity index (χ2v) is 3.70. The number of benzene rings is 1. The number of rotatable bonds is 3. The molecule has 0 unspecified atom stereocenters. The van der Waals surface area contributed by atoms with Crippen LogP contribution >= 0.6 is 27.5 Å². The molecule has 15 heavy (non-hydrogen) atoms. The van der Waals surface area contributed by atoms with Crippen LogP contribution in [-0.4, -0.2) is 20.2 Å². The Balaban J connectivity index is 3.38. The van der Waals surface area contributed by atoms with E-state index in [1.807, 2.05) is 0 Å². The summed E-state index contributed by atoms with van der Waals surface area (Å²) in [6.07, 6.45) is 0. The van der Waals surface area contributed by atoms with Gasteiger partial charge in [0.25, 0.3) is 0 Å². The molecule has 5 heteroatoms. The molecule has 1 aromatic rings. The van der Waals surface area contributed by atoms with Gasteiger partial charge in [-0.25, -0.2) is 4.79 Å². The third-order valence-corrected chi connectivity index (χ3v) is 2.84. The highest BCUT2D eigenvalue weighted by Gasteiger charge is 2.19. The Kier molecular flexibility index (Phi) is 4.42. The van der Waals surface area contributed by atoms with Crippen molar-refractivity contribution in [3.63, 3.8) is 0 Å². The van der Waals surface area contributed by atoms with E-state index in [-0.39, 0.29) is 0 Å². The van der Waals surface area contributed by atoms with Crippen LogP contribution in [0.5, 0.6) is 5.75 Å². The summed E-state index contributed by atoms with van der Waals surface area (Å²) in [5.74, 6) is 0.144. The van der Waals surface area contributed by atoms with Gasteiger partial charge in [0.2, 0.25) is 0 Å². The van der Waals surface area contributed by atoms with Crippen molar-refractivity contribution in [3.8, 4) is 5.75 Å². The molecule has 0 aliphatic rings. The lowest BCUT2D eigenvalue weighted by atomic mass is 10.1. The monoisotopic (exact) mass is 292 g/mol. The number of carbonyl (C=O) groups is 1. The van der Waals surface area contributed by atoms with E-state index in [1.54, 1.807) is 12.1 Å². The van der Waals surface area contributed by atoms with Crippen molar-refractivity contribution in [2.75, 3.05) is 14.2 Å². The van der Waals surface area contributed by atoms with Crippen molar-refractivity contribution in [1.82, 2.24) is 0 Å². The van der Waals surface area contributed by atoms with Gasteiger partial charge in [0, 0.05) is 10.9 Å². The lowest BCUT2D eigenvalue weighted by Crippen LogP contribution is -2.07. The lowest BCUT2D eigenvalue weighted by Gasteiger charge is -2.11. The third-order valence-electron chi connectivity index (χ3n) is 1.96.